The fraction of sp³-hybridized carbons (Fsp3) is 0.938. The lowest BCUT2D eigenvalue weighted by Gasteiger charge is -2.62. The zero-order valence-electron chi connectivity index (χ0n) is 26.1. The van der Waals surface area contributed by atoms with Crippen molar-refractivity contribution in [3.8, 4) is 0 Å². The minimum absolute atomic E-state index is 0.131. The Kier molecular flexibility index (Phi) is 9.53. The number of carbonyl (C=O) groups is 2. The van der Waals surface area contributed by atoms with Crippen molar-refractivity contribution >= 4 is 12.1 Å². The number of fused-ring (bicyclic) bond motifs is 5. The van der Waals surface area contributed by atoms with E-state index in [9.17, 15) is 19.8 Å². The maximum Gasteiger partial charge on any atom is 0.511 e. The van der Waals surface area contributed by atoms with E-state index in [2.05, 4.69) is 20.8 Å². The van der Waals surface area contributed by atoms with Gasteiger partial charge in [0, 0.05) is 13.3 Å². The molecular weight excluding hydrogens is 510 g/mol. The van der Waals surface area contributed by atoms with Crippen molar-refractivity contribution in [2.24, 2.45) is 46.3 Å². The lowest BCUT2D eigenvalue weighted by Crippen LogP contribution is -2.58. The molecule has 1 unspecified atom stereocenters. The summed E-state index contributed by atoms with van der Waals surface area (Å²) in [6.07, 6.45) is 7.05. The highest BCUT2D eigenvalue weighted by molar-refractivity contribution is 5.69. The van der Waals surface area contributed by atoms with Crippen LogP contribution in [-0.4, -0.2) is 79.6 Å². The first-order chi connectivity index (χ1) is 18.6. The number of rotatable bonds is 9. The van der Waals surface area contributed by atoms with E-state index >= 15 is 0 Å². The first kappa shape index (κ1) is 31.6. The van der Waals surface area contributed by atoms with E-state index in [1.165, 1.54) is 19.8 Å². The Morgan fingerprint density at radius 2 is 1.68 bits per heavy atom. The third-order valence-electron chi connectivity index (χ3n) is 11.8. The van der Waals surface area contributed by atoms with Crippen LogP contribution in [0.4, 0.5) is 4.79 Å². The lowest BCUT2D eigenvalue weighted by molar-refractivity contribution is -0.870. The third kappa shape index (κ3) is 6.49. The normalized spacial score (nSPS) is 40.7. The number of nitrogens with zero attached hydrogens (tertiary/aromatic N) is 1. The molecule has 2 N–H and O–H groups in total. The SMILES string of the molecule is CC(OC(=O)CC[C@@H](C)[C@H]1CC[C@H]2[C@@H]3CC[C@@H]4C[C@H](O)CC[C@]4(C)[C@H]3C[C@H](O)[C@]12C)OC(=O)OCC[N+](C)(C)C. The molecule has 4 rings (SSSR count). The van der Waals surface area contributed by atoms with Crippen LogP contribution in [0.1, 0.15) is 91.9 Å². The molecule has 230 valence electrons. The molecule has 4 aliphatic rings. The number of aliphatic hydroxyl groups excluding tert-OH is 2. The van der Waals surface area contributed by atoms with Gasteiger partial charge in [0.1, 0.15) is 13.2 Å². The van der Waals surface area contributed by atoms with Crippen molar-refractivity contribution in [2.75, 3.05) is 34.3 Å². The smallest absolute Gasteiger partial charge is 0.428 e. The summed E-state index contributed by atoms with van der Waals surface area (Å²) < 4.78 is 16.2. The second-order valence-electron chi connectivity index (χ2n) is 15.2. The number of ether oxygens (including phenoxy) is 3. The van der Waals surface area contributed by atoms with Crippen LogP contribution in [0.3, 0.4) is 0 Å². The molecule has 8 nitrogen and oxygen atoms in total. The van der Waals surface area contributed by atoms with E-state index in [0.29, 0.717) is 47.0 Å². The van der Waals surface area contributed by atoms with Gasteiger partial charge in [0.2, 0.25) is 6.29 Å². The minimum Gasteiger partial charge on any atom is -0.428 e. The van der Waals surface area contributed by atoms with Gasteiger partial charge >= 0.3 is 12.1 Å². The van der Waals surface area contributed by atoms with Crippen LogP contribution in [0.2, 0.25) is 0 Å². The molecule has 0 aliphatic heterocycles. The molecule has 11 atom stereocenters. The third-order valence-corrected chi connectivity index (χ3v) is 11.8. The zero-order chi connectivity index (χ0) is 29.5. The van der Waals surface area contributed by atoms with Gasteiger partial charge in [0.25, 0.3) is 0 Å². The Balaban J connectivity index is 1.28. The minimum atomic E-state index is -0.998. The second kappa shape index (κ2) is 12.1. The van der Waals surface area contributed by atoms with Crippen molar-refractivity contribution < 1.29 is 38.5 Å². The average molecular weight is 567 g/mol. The molecule has 40 heavy (non-hydrogen) atoms. The summed E-state index contributed by atoms with van der Waals surface area (Å²) >= 11 is 0. The molecule has 0 amide bonds. The van der Waals surface area contributed by atoms with E-state index in [-0.39, 0.29) is 48.0 Å². The molecule has 0 aromatic carbocycles. The van der Waals surface area contributed by atoms with Crippen molar-refractivity contribution in [3.05, 3.63) is 0 Å². The highest BCUT2D eigenvalue weighted by Gasteiger charge is 2.63. The van der Waals surface area contributed by atoms with Gasteiger partial charge in [-0.15, -0.1) is 0 Å². The summed E-state index contributed by atoms with van der Waals surface area (Å²) in [4.78, 5) is 24.5. The molecule has 0 saturated heterocycles. The monoisotopic (exact) mass is 566 g/mol. The van der Waals surface area contributed by atoms with Crippen LogP contribution in [0.25, 0.3) is 0 Å². The molecule has 4 aliphatic carbocycles. The molecule has 0 aromatic rings. The first-order valence-corrected chi connectivity index (χ1v) is 15.8. The molecule has 0 bridgehead atoms. The van der Waals surface area contributed by atoms with Gasteiger partial charge in [-0.25, -0.2) is 4.79 Å². The van der Waals surface area contributed by atoms with E-state index in [4.69, 9.17) is 14.2 Å². The van der Waals surface area contributed by atoms with Gasteiger partial charge in [-0.2, -0.15) is 0 Å². The van der Waals surface area contributed by atoms with Crippen LogP contribution in [0, 0.1) is 46.3 Å². The summed E-state index contributed by atoms with van der Waals surface area (Å²) in [6, 6.07) is 0. The van der Waals surface area contributed by atoms with Crippen LogP contribution in [0.5, 0.6) is 0 Å². The molecule has 4 saturated carbocycles. The molecule has 4 fully saturated rings. The number of aliphatic hydroxyl groups is 2. The number of hydrogen-bond donors (Lipinski definition) is 2. The fourth-order valence-electron chi connectivity index (χ4n) is 9.55. The predicted octanol–water partition coefficient (Wildman–Crippen LogP) is 5.14. The van der Waals surface area contributed by atoms with Crippen LogP contribution in [-0.2, 0) is 19.0 Å². The summed E-state index contributed by atoms with van der Waals surface area (Å²) in [7, 11) is 6.02. The van der Waals surface area contributed by atoms with E-state index in [1.807, 2.05) is 21.1 Å². The van der Waals surface area contributed by atoms with Crippen molar-refractivity contribution in [3.63, 3.8) is 0 Å². The van der Waals surface area contributed by atoms with Crippen molar-refractivity contribution in [1.82, 2.24) is 0 Å². The highest BCUT2D eigenvalue weighted by Crippen LogP contribution is 2.68. The standard InChI is InChI=1S/C32H56NO7/c1-20(8-13-29(36)39-21(2)40-30(37)38-17-16-33(5,6)7)25-11-12-26-24-10-9-22-18-23(34)14-15-31(22,3)27(24)19-28(35)32(25,26)4/h20-28,34-35H,8-19H2,1-7H3/q+1/t20-,21?,22-,23-,24+,25-,26+,27+,28+,31+,32-/m1/s1. The summed E-state index contributed by atoms with van der Waals surface area (Å²) in [5.41, 5.74) is 0.0999. The first-order valence-electron chi connectivity index (χ1n) is 15.8. The van der Waals surface area contributed by atoms with E-state index < -0.39 is 12.4 Å². The molecule has 0 aromatic heterocycles. The summed E-state index contributed by atoms with van der Waals surface area (Å²) in [6.45, 7) is 9.41. The van der Waals surface area contributed by atoms with E-state index in [1.54, 1.807) is 0 Å². The van der Waals surface area contributed by atoms with Gasteiger partial charge in [0.15, 0.2) is 0 Å². The van der Waals surface area contributed by atoms with Crippen molar-refractivity contribution in [1.29, 1.82) is 0 Å². The molecular formula is C32H56NO7+. The Bertz CT molecular complexity index is 904. The van der Waals surface area contributed by atoms with Gasteiger partial charge in [-0.3, -0.25) is 4.79 Å². The van der Waals surface area contributed by atoms with Crippen molar-refractivity contribution in [2.45, 2.75) is 110 Å². The van der Waals surface area contributed by atoms with Gasteiger partial charge in [-0.1, -0.05) is 20.8 Å². The van der Waals surface area contributed by atoms with Gasteiger partial charge in [0.05, 0.1) is 33.4 Å². The maximum atomic E-state index is 12.6. The van der Waals surface area contributed by atoms with Crippen LogP contribution in [0.15, 0.2) is 0 Å². The maximum absolute atomic E-state index is 12.6. The number of likely N-dealkylation sites (N-methyl/N-ethyl adjacent to an activating group) is 1. The summed E-state index contributed by atoms with van der Waals surface area (Å²) in [5.74, 6) is 2.54. The van der Waals surface area contributed by atoms with Crippen LogP contribution < -0.4 is 0 Å². The highest BCUT2D eigenvalue weighted by atomic mass is 16.8. The second-order valence-corrected chi connectivity index (χ2v) is 15.2. The molecule has 0 spiro atoms. The Morgan fingerprint density at radius 3 is 2.38 bits per heavy atom. The number of hydrogen-bond acceptors (Lipinski definition) is 7. The fourth-order valence-corrected chi connectivity index (χ4v) is 9.55. The quantitative estimate of drug-likeness (QED) is 0.226. The Labute approximate surface area is 241 Å². The lowest BCUT2D eigenvalue weighted by atomic mass is 9.43. The largest absolute Gasteiger partial charge is 0.511 e. The molecule has 8 heteroatoms. The molecule has 0 heterocycles. The number of quaternary nitrogens is 1. The number of esters is 1. The average Bonchev–Trinajstić information content (AvgIpc) is 3.21. The van der Waals surface area contributed by atoms with Gasteiger partial charge in [-0.05, 0) is 104 Å². The number of carbonyl (C=O) groups excluding carboxylic acids is 2. The Hall–Kier alpha value is -1.38. The topological polar surface area (TPSA) is 102 Å². The van der Waals surface area contributed by atoms with Gasteiger partial charge < -0.3 is 28.9 Å². The Morgan fingerprint density at radius 1 is 0.950 bits per heavy atom. The predicted molar refractivity (Wildman–Crippen MR) is 152 cm³/mol. The summed E-state index contributed by atoms with van der Waals surface area (Å²) in [5, 5.41) is 22.1. The van der Waals surface area contributed by atoms with Crippen LogP contribution >= 0.6 is 0 Å². The van der Waals surface area contributed by atoms with E-state index in [0.717, 1.165) is 38.5 Å². The zero-order valence-corrected chi connectivity index (χ0v) is 26.1. The molecule has 0 radical (unpaired) electrons.